The third-order valence-corrected chi connectivity index (χ3v) is 4.77. The maximum absolute atomic E-state index is 12.3. The molecule has 9 heteroatoms. The van der Waals surface area contributed by atoms with Gasteiger partial charge in [0.2, 0.25) is 18.5 Å². The second-order valence-electron chi connectivity index (χ2n) is 7.49. The first kappa shape index (κ1) is 19.8. The Morgan fingerprint density at radius 3 is 2.59 bits per heavy atom. The second-order valence-corrected chi connectivity index (χ2v) is 7.49. The monoisotopic (exact) mass is 432 g/mol. The fraction of sp³-hybridized carbons (Fsp3) is 0.217. The zero-order chi connectivity index (χ0) is 22.1. The normalized spacial score (nSPS) is 12.3. The molecule has 1 aliphatic rings. The van der Waals surface area contributed by atoms with E-state index in [2.05, 4.69) is 15.2 Å². The van der Waals surface area contributed by atoms with E-state index in [9.17, 15) is 4.79 Å². The van der Waals surface area contributed by atoms with Crippen molar-refractivity contribution >= 4 is 0 Å². The van der Waals surface area contributed by atoms with Crippen LogP contribution < -0.4 is 19.8 Å². The molecule has 1 aliphatic heterocycles. The summed E-state index contributed by atoms with van der Waals surface area (Å²) in [7, 11) is 0. The van der Waals surface area contributed by atoms with Gasteiger partial charge in [-0.05, 0) is 62.4 Å². The van der Waals surface area contributed by atoms with E-state index >= 15 is 0 Å². The predicted octanol–water partition coefficient (Wildman–Crippen LogP) is 3.52. The summed E-state index contributed by atoms with van der Waals surface area (Å²) in [6.45, 7) is 4.19. The van der Waals surface area contributed by atoms with Gasteiger partial charge in [-0.3, -0.25) is 4.79 Å². The lowest BCUT2D eigenvalue weighted by Crippen LogP contribution is -2.23. The van der Waals surface area contributed by atoms with Crippen molar-refractivity contribution in [3.05, 3.63) is 70.8 Å². The van der Waals surface area contributed by atoms with Gasteiger partial charge in [0, 0.05) is 17.2 Å². The molecule has 162 valence electrons. The summed E-state index contributed by atoms with van der Waals surface area (Å²) in [4.78, 5) is 16.8. The van der Waals surface area contributed by atoms with Gasteiger partial charge in [0.05, 0.1) is 11.8 Å². The van der Waals surface area contributed by atoms with Crippen LogP contribution in [0.5, 0.6) is 17.2 Å². The Bertz CT molecular complexity index is 1310. The highest BCUT2D eigenvalue weighted by molar-refractivity contribution is 5.64. The molecule has 5 rings (SSSR count). The third kappa shape index (κ3) is 4.04. The summed E-state index contributed by atoms with van der Waals surface area (Å²) in [5, 5.41) is 8.47. The van der Waals surface area contributed by atoms with E-state index < -0.39 is 0 Å². The van der Waals surface area contributed by atoms with Crippen LogP contribution in [0, 0.1) is 0 Å². The average molecular weight is 432 g/mol. The van der Waals surface area contributed by atoms with Gasteiger partial charge < -0.3 is 18.7 Å². The molecule has 0 radical (unpaired) electrons. The molecular formula is C23H20N4O5. The molecule has 0 unspecified atom stereocenters. The van der Waals surface area contributed by atoms with Crippen LogP contribution >= 0.6 is 0 Å². The van der Waals surface area contributed by atoms with Crippen LogP contribution in [-0.2, 0) is 6.54 Å². The topological polar surface area (TPSA) is 102 Å². The van der Waals surface area contributed by atoms with E-state index in [0.717, 1.165) is 16.9 Å². The quantitative estimate of drug-likeness (QED) is 0.456. The Balaban J connectivity index is 1.36. The molecule has 0 N–H and O–H groups in total. The van der Waals surface area contributed by atoms with Crippen molar-refractivity contribution in [3.63, 3.8) is 0 Å². The summed E-state index contributed by atoms with van der Waals surface area (Å²) in [6, 6.07) is 16.1. The van der Waals surface area contributed by atoms with Gasteiger partial charge in [-0.25, -0.2) is 4.68 Å². The zero-order valence-corrected chi connectivity index (χ0v) is 17.5. The van der Waals surface area contributed by atoms with E-state index in [1.54, 1.807) is 6.07 Å². The van der Waals surface area contributed by atoms with Gasteiger partial charge in [0.15, 0.2) is 11.5 Å². The standard InChI is InChI=1S/C23H20N4O5/c1-14(2)31-17-6-3-15(4-7-17)23-24-21(32-26-23)12-27-22(28)10-8-18(25-27)16-5-9-19-20(11-16)30-13-29-19/h3-11,14H,12-13H2,1-2H3. The van der Waals surface area contributed by atoms with E-state index in [4.69, 9.17) is 18.7 Å². The summed E-state index contributed by atoms with van der Waals surface area (Å²) in [5.41, 5.74) is 1.93. The van der Waals surface area contributed by atoms with Gasteiger partial charge >= 0.3 is 0 Å². The lowest BCUT2D eigenvalue weighted by Gasteiger charge is -2.09. The Hall–Kier alpha value is -4.14. The first-order valence-electron chi connectivity index (χ1n) is 10.1. The van der Waals surface area contributed by atoms with Gasteiger partial charge in [-0.1, -0.05) is 5.16 Å². The summed E-state index contributed by atoms with van der Waals surface area (Å²) in [5.74, 6) is 2.80. The van der Waals surface area contributed by atoms with Gasteiger partial charge in [-0.15, -0.1) is 0 Å². The van der Waals surface area contributed by atoms with Crippen LogP contribution in [0.4, 0.5) is 0 Å². The minimum Gasteiger partial charge on any atom is -0.491 e. The molecule has 0 saturated carbocycles. The molecule has 4 aromatic rings. The lowest BCUT2D eigenvalue weighted by atomic mass is 10.1. The van der Waals surface area contributed by atoms with Crippen molar-refractivity contribution in [2.75, 3.05) is 6.79 Å². The predicted molar refractivity (Wildman–Crippen MR) is 115 cm³/mol. The van der Waals surface area contributed by atoms with Gasteiger partial charge in [-0.2, -0.15) is 10.1 Å². The average Bonchev–Trinajstić information content (AvgIpc) is 3.44. The Kier molecular flexibility index (Phi) is 5.06. The molecular weight excluding hydrogens is 412 g/mol. The smallest absolute Gasteiger partial charge is 0.267 e. The molecule has 3 heterocycles. The number of benzene rings is 2. The molecule has 0 atom stereocenters. The van der Waals surface area contributed by atoms with Crippen LogP contribution in [0.1, 0.15) is 19.7 Å². The fourth-order valence-corrected chi connectivity index (χ4v) is 3.29. The van der Waals surface area contributed by atoms with Gasteiger partial charge in [0.25, 0.3) is 5.56 Å². The van der Waals surface area contributed by atoms with E-state index in [1.165, 1.54) is 10.7 Å². The highest BCUT2D eigenvalue weighted by atomic mass is 16.7. The van der Waals surface area contributed by atoms with Crippen molar-refractivity contribution in [3.8, 4) is 39.9 Å². The zero-order valence-electron chi connectivity index (χ0n) is 17.5. The van der Waals surface area contributed by atoms with Crippen molar-refractivity contribution < 1.29 is 18.7 Å². The largest absolute Gasteiger partial charge is 0.491 e. The molecule has 2 aromatic carbocycles. The summed E-state index contributed by atoms with van der Waals surface area (Å²) >= 11 is 0. The third-order valence-electron chi connectivity index (χ3n) is 4.77. The number of hydrogen-bond acceptors (Lipinski definition) is 8. The molecule has 0 bridgehead atoms. The maximum Gasteiger partial charge on any atom is 0.267 e. The van der Waals surface area contributed by atoms with Crippen LogP contribution in [0.2, 0.25) is 0 Å². The number of aromatic nitrogens is 4. The van der Waals surface area contributed by atoms with E-state index in [1.807, 2.05) is 56.3 Å². The molecule has 2 aromatic heterocycles. The molecule has 0 fully saturated rings. The number of fused-ring (bicyclic) bond motifs is 1. The first-order valence-corrected chi connectivity index (χ1v) is 10.1. The molecule has 0 spiro atoms. The first-order chi connectivity index (χ1) is 15.5. The van der Waals surface area contributed by atoms with Gasteiger partial charge in [0.1, 0.15) is 12.3 Å². The molecule has 0 aliphatic carbocycles. The highest BCUT2D eigenvalue weighted by Crippen LogP contribution is 2.35. The van der Waals surface area contributed by atoms with Crippen LogP contribution in [0.3, 0.4) is 0 Å². The van der Waals surface area contributed by atoms with Crippen molar-refractivity contribution in [1.82, 2.24) is 19.9 Å². The van der Waals surface area contributed by atoms with Crippen molar-refractivity contribution in [1.29, 1.82) is 0 Å². The van der Waals surface area contributed by atoms with E-state index in [-0.39, 0.29) is 30.9 Å². The molecule has 32 heavy (non-hydrogen) atoms. The van der Waals surface area contributed by atoms with Crippen LogP contribution in [0.15, 0.2) is 63.9 Å². The Labute approximate surface area is 183 Å². The van der Waals surface area contributed by atoms with Crippen molar-refractivity contribution in [2.45, 2.75) is 26.5 Å². The molecule has 9 nitrogen and oxygen atoms in total. The van der Waals surface area contributed by atoms with E-state index in [0.29, 0.717) is 23.0 Å². The van der Waals surface area contributed by atoms with Crippen LogP contribution in [-0.4, -0.2) is 32.8 Å². The van der Waals surface area contributed by atoms with Crippen molar-refractivity contribution in [2.24, 2.45) is 0 Å². The number of hydrogen-bond donors (Lipinski definition) is 0. The Morgan fingerprint density at radius 1 is 1.00 bits per heavy atom. The minimum atomic E-state index is -0.274. The SMILES string of the molecule is CC(C)Oc1ccc(-c2noc(Cn3nc(-c4ccc5c(c4)OCO5)ccc3=O)n2)cc1. The maximum atomic E-state index is 12.3. The molecule has 0 saturated heterocycles. The van der Waals surface area contributed by atoms with Crippen LogP contribution in [0.25, 0.3) is 22.6 Å². The second kappa shape index (κ2) is 8.18. The minimum absolute atomic E-state index is 0.0543. The lowest BCUT2D eigenvalue weighted by molar-refractivity contribution is 0.174. The number of nitrogens with zero attached hydrogens (tertiary/aromatic N) is 4. The number of ether oxygens (including phenoxy) is 3. The summed E-state index contributed by atoms with van der Waals surface area (Å²) in [6.07, 6.45) is 0.0943. The fourth-order valence-electron chi connectivity index (χ4n) is 3.29. The summed E-state index contributed by atoms with van der Waals surface area (Å²) < 4.78 is 23.1. The molecule has 0 amide bonds. The Morgan fingerprint density at radius 2 is 1.78 bits per heavy atom. The highest BCUT2D eigenvalue weighted by Gasteiger charge is 2.16. The number of rotatable bonds is 6.